The van der Waals surface area contributed by atoms with Crippen LogP contribution in [0.5, 0.6) is 0 Å². The topological polar surface area (TPSA) is 29.3 Å². The van der Waals surface area contributed by atoms with Gasteiger partial charge in [-0.15, -0.1) is 23.5 Å². The maximum absolute atomic E-state index is 5.62. The summed E-state index contributed by atoms with van der Waals surface area (Å²) >= 11 is 3.75. The van der Waals surface area contributed by atoms with Crippen LogP contribution >= 0.6 is 23.5 Å². The number of hydrogen-bond acceptors (Lipinski definition) is 4. The van der Waals surface area contributed by atoms with Crippen LogP contribution in [0.25, 0.3) is 0 Å². The Kier molecular flexibility index (Phi) is 3.83. The fourth-order valence-electron chi connectivity index (χ4n) is 1.77. The average Bonchev–Trinajstić information content (AvgIpc) is 2.29. The normalized spacial score (nSPS) is 15.2. The summed E-state index contributed by atoms with van der Waals surface area (Å²) < 4.78 is 0. The summed E-state index contributed by atoms with van der Waals surface area (Å²) in [6, 6.07) is 6.70. The van der Waals surface area contributed by atoms with Gasteiger partial charge in [0.05, 0.1) is 5.69 Å². The van der Waals surface area contributed by atoms with Gasteiger partial charge >= 0.3 is 0 Å². The molecule has 2 nitrogen and oxygen atoms in total. The van der Waals surface area contributed by atoms with Crippen LogP contribution in [0.2, 0.25) is 0 Å². The second kappa shape index (κ2) is 5.14. The lowest BCUT2D eigenvalue weighted by atomic mass is 10.2. The van der Waals surface area contributed by atoms with Crippen LogP contribution in [0, 0.1) is 0 Å². The lowest BCUT2D eigenvalue weighted by Gasteiger charge is -2.30. The van der Waals surface area contributed by atoms with Crippen molar-refractivity contribution in [3.63, 3.8) is 0 Å². The van der Waals surface area contributed by atoms with Gasteiger partial charge in [0.1, 0.15) is 0 Å². The number of nitrogens with zero attached hydrogens (tertiary/aromatic N) is 1. The van der Waals surface area contributed by atoms with Crippen molar-refractivity contribution >= 4 is 29.2 Å². The molecule has 4 heteroatoms. The monoisotopic (exact) mass is 240 g/mol. The van der Waals surface area contributed by atoms with Crippen molar-refractivity contribution in [1.82, 2.24) is 0 Å². The fraction of sp³-hybridized carbons (Fsp3) is 0.455. The molecule has 1 aliphatic rings. The molecule has 0 unspecified atom stereocenters. The highest BCUT2D eigenvalue weighted by Crippen LogP contribution is 2.36. The van der Waals surface area contributed by atoms with Crippen LogP contribution in [0.3, 0.4) is 0 Å². The molecule has 0 aromatic heterocycles. The van der Waals surface area contributed by atoms with E-state index in [1.165, 1.54) is 21.2 Å². The van der Waals surface area contributed by atoms with Gasteiger partial charge in [0.25, 0.3) is 0 Å². The van der Waals surface area contributed by atoms with Crippen molar-refractivity contribution in [3.8, 4) is 0 Å². The third kappa shape index (κ3) is 2.44. The minimum atomic E-state index is 0.731. The number of hydrogen-bond donors (Lipinski definition) is 1. The molecule has 0 atom stereocenters. The molecule has 2 rings (SSSR count). The molecule has 0 fully saturated rings. The van der Waals surface area contributed by atoms with E-state index in [1.54, 1.807) is 11.8 Å². The summed E-state index contributed by atoms with van der Waals surface area (Å²) in [6.45, 7) is 2.81. The van der Waals surface area contributed by atoms with E-state index < -0.39 is 0 Å². The molecule has 0 saturated heterocycles. The Morgan fingerprint density at radius 3 is 3.13 bits per heavy atom. The molecule has 1 aromatic carbocycles. The molecule has 82 valence electrons. The Hall–Kier alpha value is -0.320. The maximum atomic E-state index is 5.62. The van der Waals surface area contributed by atoms with Gasteiger partial charge in [-0.05, 0) is 24.5 Å². The highest BCUT2D eigenvalue weighted by atomic mass is 32.2. The molecule has 0 aliphatic carbocycles. The molecule has 0 saturated carbocycles. The third-order valence-corrected chi connectivity index (χ3v) is 4.28. The molecular weight excluding hydrogens is 224 g/mol. The Labute approximate surface area is 99.6 Å². The number of nitrogens with two attached hydrogens (primary N) is 1. The van der Waals surface area contributed by atoms with Gasteiger partial charge in [-0.2, -0.15) is 0 Å². The summed E-state index contributed by atoms with van der Waals surface area (Å²) in [4.78, 5) is 5.13. The average molecular weight is 240 g/mol. The molecule has 1 heterocycles. The van der Waals surface area contributed by atoms with Gasteiger partial charge in [0, 0.05) is 35.2 Å². The van der Waals surface area contributed by atoms with E-state index in [2.05, 4.69) is 29.4 Å². The number of fused-ring (bicyclic) bond motifs is 1. The zero-order valence-corrected chi connectivity index (χ0v) is 10.5. The van der Waals surface area contributed by atoms with Crippen LogP contribution < -0.4 is 10.6 Å². The minimum absolute atomic E-state index is 0.731. The van der Waals surface area contributed by atoms with Crippen molar-refractivity contribution in [1.29, 1.82) is 0 Å². The van der Waals surface area contributed by atoms with E-state index in [4.69, 9.17) is 5.73 Å². The van der Waals surface area contributed by atoms with E-state index in [1.807, 2.05) is 11.8 Å². The largest absolute Gasteiger partial charge is 0.369 e. The second-order valence-electron chi connectivity index (χ2n) is 3.46. The van der Waals surface area contributed by atoms with Crippen LogP contribution in [0.1, 0.15) is 0 Å². The molecular formula is C11H16N2S2. The SMILES string of the molecule is CSc1ccc2c(c1)SCCN2CCN. The highest BCUT2D eigenvalue weighted by Gasteiger charge is 2.16. The quantitative estimate of drug-likeness (QED) is 0.821. The molecule has 0 bridgehead atoms. The van der Waals surface area contributed by atoms with Crippen LogP contribution in [0.4, 0.5) is 5.69 Å². The second-order valence-corrected chi connectivity index (χ2v) is 5.47. The van der Waals surface area contributed by atoms with Gasteiger partial charge < -0.3 is 10.6 Å². The number of benzene rings is 1. The smallest absolute Gasteiger partial charge is 0.0505 e. The predicted molar refractivity (Wildman–Crippen MR) is 70.2 cm³/mol. The fourth-order valence-corrected chi connectivity index (χ4v) is 3.37. The van der Waals surface area contributed by atoms with E-state index >= 15 is 0 Å². The molecule has 15 heavy (non-hydrogen) atoms. The number of thioether (sulfide) groups is 2. The molecule has 1 aromatic rings. The lowest BCUT2D eigenvalue weighted by molar-refractivity contribution is 0.803. The third-order valence-electron chi connectivity index (χ3n) is 2.53. The molecule has 0 amide bonds. The summed E-state index contributed by atoms with van der Waals surface area (Å²) in [7, 11) is 0. The van der Waals surface area contributed by atoms with Crippen LogP contribution in [-0.2, 0) is 0 Å². The summed E-state index contributed by atoms with van der Waals surface area (Å²) in [5.41, 5.74) is 6.98. The highest BCUT2D eigenvalue weighted by molar-refractivity contribution is 8.00. The first-order chi connectivity index (χ1) is 7.35. The van der Waals surface area contributed by atoms with Crippen molar-refractivity contribution in [2.45, 2.75) is 9.79 Å². The molecule has 1 aliphatic heterocycles. The first-order valence-corrected chi connectivity index (χ1v) is 7.32. The zero-order chi connectivity index (χ0) is 10.7. The van der Waals surface area contributed by atoms with E-state index in [0.717, 1.165) is 19.6 Å². The Bertz CT molecular complexity index is 341. The molecule has 0 radical (unpaired) electrons. The molecule has 2 N–H and O–H groups in total. The van der Waals surface area contributed by atoms with Gasteiger partial charge in [-0.3, -0.25) is 0 Å². The standard InChI is InChI=1S/C11H16N2S2/c1-14-9-2-3-10-11(8-9)15-7-6-13(10)5-4-12/h2-3,8H,4-7,12H2,1H3. The van der Waals surface area contributed by atoms with Crippen LogP contribution in [0.15, 0.2) is 28.0 Å². The number of anilines is 1. The summed E-state index contributed by atoms with van der Waals surface area (Å²) in [5.74, 6) is 1.17. The van der Waals surface area contributed by atoms with Gasteiger partial charge in [0.2, 0.25) is 0 Å². The first-order valence-electron chi connectivity index (χ1n) is 5.11. The van der Waals surface area contributed by atoms with Crippen molar-refractivity contribution in [2.75, 3.05) is 36.5 Å². The molecule has 0 spiro atoms. The summed E-state index contributed by atoms with van der Waals surface area (Å²) in [5, 5.41) is 0. The van der Waals surface area contributed by atoms with Crippen molar-refractivity contribution in [3.05, 3.63) is 18.2 Å². The van der Waals surface area contributed by atoms with Crippen LogP contribution in [-0.4, -0.2) is 31.6 Å². The van der Waals surface area contributed by atoms with Crippen molar-refractivity contribution in [2.24, 2.45) is 5.73 Å². The predicted octanol–water partition coefficient (Wildman–Crippen LogP) is 2.28. The first kappa shape index (κ1) is 11.2. The van der Waals surface area contributed by atoms with E-state index in [9.17, 15) is 0 Å². The Morgan fingerprint density at radius 2 is 2.40 bits per heavy atom. The van der Waals surface area contributed by atoms with Gasteiger partial charge in [0.15, 0.2) is 0 Å². The Morgan fingerprint density at radius 1 is 1.53 bits per heavy atom. The van der Waals surface area contributed by atoms with Gasteiger partial charge in [-0.1, -0.05) is 0 Å². The van der Waals surface area contributed by atoms with E-state index in [0.29, 0.717) is 0 Å². The van der Waals surface area contributed by atoms with E-state index in [-0.39, 0.29) is 0 Å². The summed E-state index contributed by atoms with van der Waals surface area (Å²) in [6.07, 6.45) is 2.12. The maximum Gasteiger partial charge on any atom is 0.0505 e. The van der Waals surface area contributed by atoms with Gasteiger partial charge in [-0.25, -0.2) is 0 Å². The lowest BCUT2D eigenvalue weighted by Crippen LogP contribution is -2.33. The minimum Gasteiger partial charge on any atom is -0.369 e. The zero-order valence-electron chi connectivity index (χ0n) is 8.90. The van der Waals surface area contributed by atoms with Crippen molar-refractivity contribution < 1.29 is 0 Å². The Balaban J connectivity index is 2.28. The number of rotatable bonds is 3.